The molecular formula is C14H20N4O2. The molecule has 1 unspecified atom stereocenters. The minimum atomic E-state index is -0.778. The summed E-state index contributed by atoms with van der Waals surface area (Å²) in [5.41, 5.74) is 2.93. The molecule has 0 aromatic carbocycles. The molecule has 0 aliphatic heterocycles. The monoisotopic (exact) mass is 276 g/mol. The highest BCUT2D eigenvalue weighted by Crippen LogP contribution is 2.10. The number of hydrogen-bond acceptors (Lipinski definition) is 4. The molecule has 2 aromatic heterocycles. The number of carboxylic acid groups (broad SMARTS) is 1. The van der Waals surface area contributed by atoms with Crippen molar-refractivity contribution in [1.29, 1.82) is 0 Å². The van der Waals surface area contributed by atoms with E-state index in [1.807, 2.05) is 42.5 Å². The molecule has 0 bridgehead atoms. The summed E-state index contributed by atoms with van der Waals surface area (Å²) in [7, 11) is 1.90. The van der Waals surface area contributed by atoms with Crippen LogP contribution in [0.1, 0.15) is 24.0 Å². The molecule has 0 aliphatic rings. The summed E-state index contributed by atoms with van der Waals surface area (Å²) in [5, 5.41) is 8.92. The van der Waals surface area contributed by atoms with E-state index in [0.29, 0.717) is 18.9 Å². The van der Waals surface area contributed by atoms with Gasteiger partial charge in [0.15, 0.2) is 0 Å². The highest BCUT2D eigenvalue weighted by Gasteiger charge is 2.15. The van der Waals surface area contributed by atoms with Gasteiger partial charge in [-0.1, -0.05) is 6.92 Å². The summed E-state index contributed by atoms with van der Waals surface area (Å²) in [6.45, 7) is 6.77. The van der Waals surface area contributed by atoms with E-state index in [-0.39, 0.29) is 5.92 Å². The van der Waals surface area contributed by atoms with Gasteiger partial charge in [0.25, 0.3) is 0 Å². The number of aromatic nitrogens is 3. The molecule has 1 N–H and O–H groups in total. The Kier molecular flexibility index (Phi) is 4.04. The van der Waals surface area contributed by atoms with E-state index >= 15 is 0 Å². The number of imidazole rings is 1. The van der Waals surface area contributed by atoms with Crippen molar-refractivity contribution in [3.8, 4) is 0 Å². The average Bonchev–Trinajstić information content (AvgIpc) is 2.71. The minimum Gasteiger partial charge on any atom is -0.481 e. The maximum absolute atomic E-state index is 10.9. The Morgan fingerprint density at radius 2 is 2.15 bits per heavy atom. The topological polar surface area (TPSA) is 70.7 Å². The molecule has 0 saturated heterocycles. The summed E-state index contributed by atoms with van der Waals surface area (Å²) in [6.07, 6.45) is 1.96. The third kappa shape index (κ3) is 3.14. The Bertz CT molecular complexity index is 635. The molecule has 2 rings (SSSR count). The fourth-order valence-electron chi connectivity index (χ4n) is 2.28. The molecule has 6 nitrogen and oxygen atoms in total. The van der Waals surface area contributed by atoms with Gasteiger partial charge >= 0.3 is 5.97 Å². The Balaban J connectivity index is 2.14. The van der Waals surface area contributed by atoms with Gasteiger partial charge in [-0.2, -0.15) is 0 Å². The Morgan fingerprint density at radius 1 is 1.45 bits per heavy atom. The predicted molar refractivity (Wildman–Crippen MR) is 75.6 cm³/mol. The molecule has 0 fully saturated rings. The van der Waals surface area contributed by atoms with Gasteiger partial charge in [0, 0.05) is 30.7 Å². The van der Waals surface area contributed by atoms with E-state index in [0.717, 1.165) is 17.1 Å². The number of carbonyl (C=O) groups is 1. The first-order valence-electron chi connectivity index (χ1n) is 6.60. The Morgan fingerprint density at radius 3 is 2.80 bits per heavy atom. The quantitative estimate of drug-likeness (QED) is 0.896. The molecule has 6 heteroatoms. The molecule has 0 radical (unpaired) electrons. The van der Waals surface area contributed by atoms with Gasteiger partial charge in [0.1, 0.15) is 0 Å². The standard InChI is InChI=1S/C14H20N4O2/c1-9(13(19)20)6-17(4)7-12-8-18-11(3)5-10(2)15-14(18)16-12/h5,8-9H,6-7H2,1-4H3,(H,19,20). The van der Waals surface area contributed by atoms with Crippen LogP contribution in [0.25, 0.3) is 5.78 Å². The van der Waals surface area contributed by atoms with E-state index in [1.54, 1.807) is 6.92 Å². The minimum absolute atomic E-state index is 0.390. The average molecular weight is 276 g/mol. The van der Waals surface area contributed by atoms with Crippen LogP contribution in [0.15, 0.2) is 12.3 Å². The largest absolute Gasteiger partial charge is 0.481 e. The van der Waals surface area contributed by atoms with Crippen LogP contribution in [0.5, 0.6) is 0 Å². The van der Waals surface area contributed by atoms with Gasteiger partial charge in [-0.15, -0.1) is 0 Å². The second-order valence-electron chi connectivity index (χ2n) is 5.38. The SMILES string of the molecule is Cc1cc(C)n2cc(CN(C)CC(C)C(=O)O)nc2n1. The molecule has 0 spiro atoms. The third-order valence-corrected chi connectivity index (χ3v) is 3.25. The first-order valence-corrected chi connectivity index (χ1v) is 6.60. The van der Waals surface area contributed by atoms with Crippen LogP contribution in [0.2, 0.25) is 0 Å². The number of aliphatic carboxylic acids is 1. The van der Waals surface area contributed by atoms with Crippen LogP contribution in [-0.2, 0) is 11.3 Å². The first-order chi connectivity index (χ1) is 9.36. The van der Waals surface area contributed by atoms with Crippen LogP contribution in [0.3, 0.4) is 0 Å². The van der Waals surface area contributed by atoms with Crippen molar-refractivity contribution in [3.63, 3.8) is 0 Å². The zero-order chi connectivity index (χ0) is 14.9. The van der Waals surface area contributed by atoms with Crippen LogP contribution in [0, 0.1) is 19.8 Å². The number of aryl methyl sites for hydroxylation is 2. The van der Waals surface area contributed by atoms with Crippen molar-refractivity contribution < 1.29 is 9.90 Å². The zero-order valence-corrected chi connectivity index (χ0v) is 12.3. The van der Waals surface area contributed by atoms with Gasteiger partial charge in [-0.25, -0.2) is 9.97 Å². The molecule has 1 atom stereocenters. The van der Waals surface area contributed by atoms with Crippen LogP contribution < -0.4 is 0 Å². The summed E-state index contributed by atoms with van der Waals surface area (Å²) < 4.78 is 1.96. The lowest BCUT2D eigenvalue weighted by molar-refractivity contribution is -0.141. The van der Waals surface area contributed by atoms with Crippen molar-refractivity contribution in [1.82, 2.24) is 19.3 Å². The summed E-state index contributed by atoms with van der Waals surface area (Å²) in [6, 6.07) is 2.01. The number of fused-ring (bicyclic) bond motifs is 1. The van der Waals surface area contributed by atoms with Gasteiger partial charge < -0.3 is 5.11 Å². The molecule has 20 heavy (non-hydrogen) atoms. The normalized spacial score (nSPS) is 13.1. The molecule has 0 amide bonds. The fraction of sp³-hybridized carbons (Fsp3) is 0.500. The van der Waals surface area contributed by atoms with Gasteiger partial charge in [-0.3, -0.25) is 14.1 Å². The van der Waals surface area contributed by atoms with E-state index < -0.39 is 5.97 Å². The van der Waals surface area contributed by atoms with Crippen molar-refractivity contribution in [2.24, 2.45) is 5.92 Å². The van der Waals surface area contributed by atoms with Crippen LogP contribution in [0.4, 0.5) is 0 Å². The molecular weight excluding hydrogens is 256 g/mol. The van der Waals surface area contributed by atoms with Crippen molar-refractivity contribution in [2.75, 3.05) is 13.6 Å². The van der Waals surface area contributed by atoms with Crippen molar-refractivity contribution in [3.05, 3.63) is 29.3 Å². The highest BCUT2D eigenvalue weighted by molar-refractivity contribution is 5.69. The van der Waals surface area contributed by atoms with E-state index in [4.69, 9.17) is 5.11 Å². The lowest BCUT2D eigenvalue weighted by Crippen LogP contribution is -2.28. The summed E-state index contributed by atoms with van der Waals surface area (Å²) in [4.78, 5) is 21.7. The number of carboxylic acids is 1. The Labute approximate surface area is 118 Å². The fourth-order valence-corrected chi connectivity index (χ4v) is 2.28. The van der Waals surface area contributed by atoms with E-state index in [1.165, 1.54) is 0 Å². The molecule has 2 heterocycles. The molecule has 2 aromatic rings. The maximum atomic E-state index is 10.9. The second kappa shape index (κ2) is 5.58. The van der Waals surface area contributed by atoms with Crippen molar-refractivity contribution in [2.45, 2.75) is 27.3 Å². The van der Waals surface area contributed by atoms with Crippen LogP contribution in [-0.4, -0.2) is 43.9 Å². The zero-order valence-electron chi connectivity index (χ0n) is 12.3. The summed E-state index contributed by atoms with van der Waals surface area (Å²) in [5.74, 6) is -0.476. The first kappa shape index (κ1) is 14.5. The second-order valence-corrected chi connectivity index (χ2v) is 5.38. The lowest BCUT2D eigenvalue weighted by Gasteiger charge is -2.17. The van der Waals surface area contributed by atoms with Crippen LogP contribution >= 0.6 is 0 Å². The van der Waals surface area contributed by atoms with E-state index in [2.05, 4.69) is 9.97 Å². The van der Waals surface area contributed by atoms with E-state index in [9.17, 15) is 4.79 Å². The smallest absolute Gasteiger partial charge is 0.307 e. The summed E-state index contributed by atoms with van der Waals surface area (Å²) >= 11 is 0. The molecule has 0 saturated carbocycles. The maximum Gasteiger partial charge on any atom is 0.307 e. The predicted octanol–water partition coefficient (Wildman–Crippen LogP) is 1.50. The van der Waals surface area contributed by atoms with Gasteiger partial charge in [-0.05, 0) is 27.0 Å². The van der Waals surface area contributed by atoms with Gasteiger partial charge in [0.05, 0.1) is 11.6 Å². The Hall–Kier alpha value is -1.95. The number of rotatable bonds is 5. The lowest BCUT2D eigenvalue weighted by atomic mass is 10.2. The number of hydrogen-bond donors (Lipinski definition) is 1. The van der Waals surface area contributed by atoms with Crippen molar-refractivity contribution >= 4 is 11.7 Å². The highest BCUT2D eigenvalue weighted by atomic mass is 16.4. The number of nitrogens with zero attached hydrogens (tertiary/aromatic N) is 4. The third-order valence-electron chi connectivity index (χ3n) is 3.25. The molecule has 108 valence electrons. The van der Waals surface area contributed by atoms with Gasteiger partial charge in [0.2, 0.25) is 5.78 Å². The molecule has 0 aliphatic carbocycles.